The van der Waals surface area contributed by atoms with Crippen molar-refractivity contribution in [2.24, 2.45) is 0 Å². The summed E-state index contributed by atoms with van der Waals surface area (Å²) in [6.45, 7) is 5.17. The molecular weight excluding hydrogens is 315 g/mol. The summed E-state index contributed by atoms with van der Waals surface area (Å²) in [5.74, 6) is -0.932. The number of pyridine rings is 1. The van der Waals surface area contributed by atoms with Gasteiger partial charge in [-0.3, -0.25) is 19.5 Å². The van der Waals surface area contributed by atoms with Crippen LogP contribution in [0.4, 0.5) is 4.39 Å². The molecule has 1 aromatic rings. The predicted octanol–water partition coefficient (Wildman–Crippen LogP) is -0.116. The Kier molecular flexibility index (Phi) is 5.37. The Morgan fingerprint density at radius 1 is 1.33 bits per heavy atom. The molecule has 2 amide bonds. The lowest BCUT2D eigenvalue weighted by molar-refractivity contribution is -0.128. The number of carbonyl (C=O) groups is 2. The number of ether oxygens (including phenoxy) is 1. The van der Waals surface area contributed by atoms with Crippen molar-refractivity contribution in [3.63, 3.8) is 0 Å². The smallest absolute Gasteiger partial charge is 0.253 e. The van der Waals surface area contributed by atoms with Gasteiger partial charge in [0.05, 0.1) is 31.0 Å². The van der Waals surface area contributed by atoms with E-state index in [4.69, 9.17) is 4.74 Å². The van der Waals surface area contributed by atoms with E-state index in [1.807, 2.05) is 0 Å². The number of hydrogen-bond acceptors (Lipinski definition) is 5. The molecule has 0 saturated carbocycles. The summed E-state index contributed by atoms with van der Waals surface area (Å²) in [6, 6.07) is 0.882. The zero-order valence-electron chi connectivity index (χ0n) is 13.4. The fraction of sp³-hybridized carbons (Fsp3) is 0.562. The number of carbonyl (C=O) groups excluding carboxylic acids is 2. The number of aromatic nitrogens is 1. The summed E-state index contributed by atoms with van der Waals surface area (Å²) in [4.78, 5) is 31.9. The number of hydrogen-bond donors (Lipinski definition) is 1. The predicted molar refractivity (Wildman–Crippen MR) is 83.9 cm³/mol. The van der Waals surface area contributed by atoms with Crippen molar-refractivity contribution in [3.05, 3.63) is 29.8 Å². The van der Waals surface area contributed by atoms with Gasteiger partial charge < -0.3 is 15.0 Å². The quantitative estimate of drug-likeness (QED) is 0.812. The molecule has 0 aromatic carbocycles. The molecule has 2 saturated heterocycles. The molecule has 0 aliphatic carbocycles. The van der Waals surface area contributed by atoms with E-state index in [1.54, 1.807) is 4.90 Å². The molecule has 3 rings (SSSR count). The first kappa shape index (κ1) is 16.8. The SMILES string of the molecule is O=C(NC1CC(=O)N(CCN2CCOCC2)C1)c1cncc(F)c1. The molecule has 1 N–H and O–H groups in total. The maximum Gasteiger partial charge on any atom is 0.253 e. The minimum absolute atomic E-state index is 0.0333. The molecule has 3 heterocycles. The highest BCUT2D eigenvalue weighted by molar-refractivity contribution is 5.94. The zero-order chi connectivity index (χ0) is 16.9. The van der Waals surface area contributed by atoms with Crippen molar-refractivity contribution in [2.75, 3.05) is 45.9 Å². The van der Waals surface area contributed by atoms with Crippen LogP contribution in [-0.2, 0) is 9.53 Å². The summed E-state index contributed by atoms with van der Waals surface area (Å²) in [5, 5.41) is 2.78. The fourth-order valence-electron chi connectivity index (χ4n) is 2.98. The van der Waals surface area contributed by atoms with Gasteiger partial charge in [0.15, 0.2) is 0 Å². The molecule has 0 spiro atoms. The van der Waals surface area contributed by atoms with E-state index in [1.165, 1.54) is 6.20 Å². The van der Waals surface area contributed by atoms with Crippen LogP contribution in [0.5, 0.6) is 0 Å². The van der Waals surface area contributed by atoms with Crippen LogP contribution < -0.4 is 5.32 Å². The van der Waals surface area contributed by atoms with Gasteiger partial charge in [-0.15, -0.1) is 0 Å². The lowest BCUT2D eigenvalue weighted by atomic mass is 10.2. The Morgan fingerprint density at radius 2 is 2.12 bits per heavy atom. The molecule has 2 fully saturated rings. The van der Waals surface area contributed by atoms with Gasteiger partial charge in [0.2, 0.25) is 5.91 Å². The number of likely N-dealkylation sites (tertiary alicyclic amines) is 1. The second kappa shape index (κ2) is 7.67. The van der Waals surface area contributed by atoms with Gasteiger partial charge in [-0.1, -0.05) is 0 Å². The molecule has 0 bridgehead atoms. The maximum atomic E-state index is 13.1. The normalized spacial score (nSPS) is 22.0. The van der Waals surface area contributed by atoms with Crippen molar-refractivity contribution in [3.8, 4) is 0 Å². The van der Waals surface area contributed by atoms with Gasteiger partial charge in [0, 0.05) is 45.3 Å². The first-order valence-electron chi connectivity index (χ1n) is 8.11. The molecule has 2 aliphatic heterocycles. The molecule has 2 aliphatic rings. The fourth-order valence-corrected chi connectivity index (χ4v) is 2.98. The van der Waals surface area contributed by atoms with Crippen molar-refractivity contribution >= 4 is 11.8 Å². The number of rotatable bonds is 5. The molecule has 1 unspecified atom stereocenters. The van der Waals surface area contributed by atoms with Gasteiger partial charge >= 0.3 is 0 Å². The number of nitrogens with zero attached hydrogens (tertiary/aromatic N) is 3. The number of amides is 2. The lowest BCUT2D eigenvalue weighted by Crippen LogP contribution is -2.42. The van der Waals surface area contributed by atoms with Crippen LogP contribution in [0.25, 0.3) is 0 Å². The number of morpholine rings is 1. The molecule has 0 radical (unpaired) electrons. The third-order valence-corrected chi connectivity index (χ3v) is 4.31. The van der Waals surface area contributed by atoms with Crippen molar-refractivity contribution in [1.29, 1.82) is 0 Å². The highest BCUT2D eigenvalue weighted by Gasteiger charge is 2.31. The third-order valence-electron chi connectivity index (χ3n) is 4.31. The second-order valence-electron chi connectivity index (χ2n) is 6.06. The van der Waals surface area contributed by atoms with Gasteiger partial charge in [-0.2, -0.15) is 0 Å². The van der Waals surface area contributed by atoms with Gasteiger partial charge in [0.1, 0.15) is 5.82 Å². The maximum absolute atomic E-state index is 13.1. The molecular formula is C16H21FN4O3. The number of halogens is 1. The van der Waals surface area contributed by atoms with Crippen LogP contribution in [0.3, 0.4) is 0 Å². The Balaban J connectivity index is 1.48. The molecule has 24 heavy (non-hydrogen) atoms. The van der Waals surface area contributed by atoms with E-state index in [0.29, 0.717) is 13.1 Å². The summed E-state index contributed by atoms with van der Waals surface area (Å²) in [7, 11) is 0. The first-order valence-corrected chi connectivity index (χ1v) is 8.11. The largest absolute Gasteiger partial charge is 0.379 e. The van der Waals surface area contributed by atoms with E-state index in [0.717, 1.165) is 45.1 Å². The molecule has 7 nitrogen and oxygen atoms in total. The first-order chi connectivity index (χ1) is 11.6. The van der Waals surface area contributed by atoms with E-state index < -0.39 is 11.7 Å². The second-order valence-corrected chi connectivity index (χ2v) is 6.06. The average Bonchev–Trinajstić information content (AvgIpc) is 2.93. The Labute approximate surface area is 139 Å². The van der Waals surface area contributed by atoms with Crippen LogP contribution in [0.1, 0.15) is 16.8 Å². The highest BCUT2D eigenvalue weighted by atomic mass is 19.1. The van der Waals surface area contributed by atoms with Crippen molar-refractivity contribution < 1.29 is 18.7 Å². The summed E-state index contributed by atoms with van der Waals surface area (Å²) < 4.78 is 18.4. The molecule has 1 aromatic heterocycles. The standard InChI is InChI=1S/C16H21FN4O3/c17-13-7-12(9-18-10-13)16(23)19-14-8-15(22)21(11-14)2-1-20-3-5-24-6-4-20/h7,9-10,14H,1-6,8,11H2,(H,19,23). The zero-order valence-corrected chi connectivity index (χ0v) is 13.4. The summed E-state index contributed by atoms with van der Waals surface area (Å²) in [5.41, 5.74) is 0.161. The van der Waals surface area contributed by atoms with E-state index in [9.17, 15) is 14.0 Å². The van der Waals surface area contributed by atoms with E-state index in [-0.39, 0.29) is 23.9 Å². The van der Waals surface area contributed by atoms with Crippen molar-refractivity contribution in [2.45, 2.75) is 12.5 Å². The summed E-state index contributed by atoms with van der Waals surface area (Å²) >= 11 is 0. The van der Waals surface area contributed by atoms with E-state index >= 15 is 0 Å². The molecule has 8 heteroatoms. The van der Waals surface area contributed by atoms with Crippen LogP contribution in [0.2, 0.25) is 0 Å². The highest BCUT2D eigenvalue weighted by Crippen LogP contribution is 2.12. The van der Waals surface area contributed by atoms with Crippen LogP contribution in [-0.4, -0.2) is 78.6 Å². The van der Waals surface area contributed by atoms with Crippen LogP contribution in [0.15, 0.2) is 18.5 Å². The van der Waals surface area contributed by atoms with Crippen molar-refractivity contribution in [1.82, 2.24) is 20.1 Å². The monoisotopic (exact) mass is 336 g/mol. The van der Waals surface area contributed by atoms with Gasteiger partial charge in [0.25, 0.3) is 5.91 Å². The Bertz CT molecular complexity index is 607. The topological polar surface area (TPSA) is 74.8 Å². The Hall–Kier alpha value is -2.06. The van der Waals surface area contributed by atoms with Gasteiger partial charge in [-0.25, -0.2) is 4.39 Å². The third kappa shape index (κ3) is 4.27. The average molecular weight is 336 g/mol. The summed E-state index contributed by atoms with van der Waals surface area (Å²) in [6.07, 6.45) is 2.63. The van der Waals surface area contributed by atoms with Gasteiger partial charge in [-0.05, 0) is 6.07 Å². The van der Waals surface area contributed by atoms with E-state index in [2.05, 4.69) is 15.2 Å². The molecule has 1 atom stereocenters. The minimum Gasteiger partial charge on any atom is -0.379 e. The minimum atomic E-state index is -0.558. The number of nitrogens with one attached hydrogen (secondary N) is 1. The van der Waals surface area contributed by atoms with Crippen LogP contribution in [0, 0.1) is 5.82 Å². The van der Waals surface area contributed by atoms with Crippen LogP contribution >= 0.6 is 0 Å². The molecule has 130 valence electrons. The Morgan fingerprint density at radius 3 is 2.88 bits per heavy atom. The lowest BCUT2D eigenvalue weighted by Gasteiger charge is -2.28.